The molecule has 0 bridgehead atoms. The van der Waals surface area contributed by atoms with Crippen LogP contribution < -0.4 is 26.2 Å². The van der Waals surface area contributed by atoms with Crippen LogP contribution in [-0.2, 0) is 5.41 Å². The number of hydrogen-bond acceptors (Lipinski definition) is 3. The van der Waals surface area contributed by atoms with Gasteiger partial charge in [0.15, 0.2) is 0 Å². The van der Waals surface area contributed by atoms with Gasteiger partial charge >= 0.3 is 0 Å². The summed E-state index contributed by atoms with van der Waals surface area (Å²) >= 11 is 1.68. The van der Waals surface area contributed by atoms with Crippen molar-refractivity contribution in [1.29, 1.82) is 0 Å². The van der Waals surface area contributed by atoms with Crippen molar-refractivity contribution in [3.63, 3.8) is 0 Å². The van der Waals surface area contributed by atoms with E-state index in [4.69, 9.17) is 5.48 Å². The van der Waals surface area contributed by atoms with Gasteiger partial charge in [-0.05, 0) is 135 Å². The molecule has 6 heterocycles. The Morgan fingerprint density at radius 3 is 1.31 bits per heavy atom. The highest BCUT2D eigenvalue weighted by Crippen LogP contribution is 2.56. The Labute approximate surface area is 577 Å². The van der Waals surface area contributed by atoms with Crippen LogP contribution in [0.15, 0.2) is 309 Å². The first-order valence-electron chi connectivity index (χ1n) is 39.7. The third-order valence-corrected chi connectivity index (χ3v) is 20.6. The van der Waals surface area contributed by atoms with Crippen LogP contribution in [0.5, 0.6) is 0 Å². The number of para-hydroxylation sites is 6. The first-order chi connectivity index (χ1) is 53.5. The van der Waals surface area contributed by atoms with E-state index in [2.05, 4.69) is 132 Å². The van der Waals surface area contributed by atoms with Crippen LogP contribution in [0.1, 0.15) is 48.3 Å². The average Bonchev–Trinajstić information content (AvgIpc) is 1.69. The Bertz CT molecular complexity index is 7080. The fourth-order valence-corrected chi connectivity index (χ4v) is 16.5. The molecular weight excluding hydrogens is 1170 g/mol. The molecule has 4 aromatic heterocycles. The summed E-state index contributed by atoms with van der Waals surface area (Å²) in [5, 5.41) is 3.51. The second-order valence-electron chi connectivity index (χ2n) is 25.5. The molecule has 18 aromatic rings. The van der Waals surface area contributed by atoms with E-state index < -0.39 is 109 Å². The van der Waals surface area contributed by atoms with E-state index in [1.54, 1.807) is 20.5 Å². The van der Waals surface area contributed by atoms with Gasteiger partial charge in [0.25, 0.3) is 6.71 Å². The smallest absolute Gasteiger partial charge is 0.252 e. The molecule has 0 fully saturated rings. The summed E-state index contributed by atoms with van der Waals surface area (Å²) in [5.74, 6) is 0. The number of thiophene rings is 1. The summed E-state index contributed by atoms with van der Waals surface area (Å²) in [5.41, 5.74) is 13.8. The van der Waals surface area contributed by atoms with Crippen molar-refractivity contribution in [1.82, 2.24) is 13.7 Å². The lowest BCUT2D eigenvalue weighted by molar-refractivity contribution is 0.590. The number of nitrogens with zero attached hydrogens (tertiary/aromatic N) is 5. The van der Waals surface area contributed by atoms with Gasteiger partial charge in [-0.15, -0.1) is 11.3 Å². The van der Waals surface area contributed by atoms with E-state index in [-0.39, 0.29) is 43.6 Å². The molecule has 95 heavy (non-hydrogen) atoms. The van der Waals surface area contributed by atoms with Crippen molar-refractivity contribution in [2.75, 3.05) is 9.80 Å². The molecule has 446 valence electrons. The molecule has 2 aliphatic rings. The van der Waals surface area contributed by atoms with Crippen LogP contribution in [0.4, 0.5) is 34.1 Å². The van der Waals surface area contributed by atoms with Gasteiger partial charge in [0.2, 0.25) is 0 Å². The number of fused-ring (bicyclic) bond motifs is 16. The van der Waals surface area contributed by atoms with Crippen molar-refractivity contribution in [3.05, 3.63) is 315 Å². The van der Waals surface area contributed by atoms with E-state index in [1.807, 2.05) is 115 Å². The summed E-state index contributed by atoms with van der Waals surface area (Å²) in [6.07, 6.45) is 0. The van der Waals surface area contributed by atoms with Gasteiger partial charge in [0, 0.05) is 103 Å². The molecule has 0 atom stereocenters. The highest BCUT2D eigenvalue weighted by molar-refractivity contribution is 7.26. The van der Waals surface area contributed by atoms with Crippen molar-refractivity contribution in [3.8, 4) is 39.3 Å². The van der Waals surface area contributed by atoms with E-state index in [1.165, 1.54) is 0 Å². The fourth-order valence-electron chi connectivity index (χ4n) is 15.4. The molecule has 0 saturated heterocycles. The quantitative estimate of drug-likeness (QED) is 0.148. The van der Waals surface area contributed by atoms with Crippen LogP contribution in [0, 0.1) is 0 Å². The van der Waals surface area contributed by atoms with Gasteiger partial charge in [-0.3, -0.25) is 0 Å². The summed E-state index contributed by atoms with van der Waals surface area (Å²) in [6.45, 7) is 5.80. The molecule has 7 heteroatoms. The molecule has 0 aliphatic carbocycles. The van der Waals surface area contributed by atoms with E-state index in [0.29, 0.717) is 22.7 Å². The molecule has 20 rings (SSSR count). The third-order valence-electron chi connectivity index (χ3n) is 19.4. The standard InChI is InChI=1S/C88H60BN5S/c1-88(2,3)57-51-79-85-80(52-57)94(87-62(56-27-9-5-10-28-56)46-50-82-84(87)68-36-18-24-42-81(68)95-82)78-54-60(92-73-39-21-15-33-65(73)66-34-16-22-40-74(66)92)44-48-70(78)89(85)69-47-43-59(91-71-37-19-13-31-63(71)64-32-14-20-38-72(64)91)53-77(69)93(79)86-61(55-25-7-4-8-26-55)45-49-76-83(86)67-35-17-23-41-75(67)90(76)58-29-11-6-12-30-58/h4-54H,1-3H3/i13D,14D,15D,16D,19D,20D,21D,22D,31D,32D,33D,34D,37D,38D,39D,40D. The second-order valence-corrected chi connectivity index (χ2v) is 26.6. The van der Waals surface area contributed by atoms with Crippen LogP contribution in [0.25, 0.3) is 125 Å². The zero-order chi connectivity index (χ0) is 76.7. The molecule has 0 radical (unpaired) electrons. The zero-order valence-electron chi connectivity index (χ0n) is 67.4. The average molecular weight is 1250 g/mol. The normalized spacial score (nSPS) is 15.3. The molecule has 5 nitrogen and oxygen atoms in total. The zero-order valence-corrected chi connectivity index (χ0v) is 52.2. The van der Waals surface area contributed by atoms with Crippen molar-refractivity contribution in [2.45, 2.75) is 26.2 Å². The Balaban J connectivity index is 1.01. The Kier molecular flexibility index (Phi) is 8.68. The number of aromatic nitrogens is 3. The molecular formula is C88H60BN5S. The van der Waals surface area contributed by atoms with E-state index in [9.17, 15) is 16.4 Å². The Hall–Kier alpha value is -11.6. The van der Waals surface area contributed by atoms with Crippen molar-refractivity contribution in [2.24, 2.45) is 0 Å². The molecule has 0 N–H and O–H groups in total. The second kappa shape index (κ2) is 20.4. The third kappa shape index (κ3) is 7.85. The monoisotopic (exact) mass is 1250 g/mol. The van der Waals surface area contributed by atoms with Gasteiger partial charge in [-0.1, -0.05) is 233 Å². The van der Waals surface area contributed by atoms with E-state index >= 15 is 0 Å². The van der Waals surface area contributed by atoms with Gasteiger partial charge < -0.3 is 23.5 Å². The van der Waals surface area contributed by atoms with Crippen LogP contribution in [0.3, 0.4) is 0 Å². The van der Waals surface area contributed by atoms with Gasteiger partial charge in [0.1, 0.15) is 0 Å². The lowest BCUT2D eigenvalue weighted by Crippen LogP contribution is -2.61. The summed E-state index contributed by atoms with van der Waals surface area (Å²) in [4.78, 5) is 4.70. The largest absolute Gasteiger partial charge is 0.310 e. The SMILES string of the molecule is [2H]c1c([2H])c([2H])c2c(c1[2H])c1c([2H])c([2H])c([2H])c([2H])c1n2-c1ccc2c(c1)N(c1c(-c3ccccc3)ccc3sc4ccccc4c13)c1cc(C(C)(C)C)cc3c1B2c1ccc(-n2c4c([2H])c([2H])c([2H])c([2H])c4c4c([2H])c([2H])c([2H])c([2H])c42)cc1N3c1c(-c2ccccc2)ccc2c1c1ccccc1n2-c1ccccc1. The summed E-state index contributed by atoms with van der Waals surface area (Å²) < 4.78 is 158. The molecule has 0 saturated carbocycles. The highest BCUT2D eigenvalue weighted by Gasteiger charge is 2.46. The molecule has 0 amide bonds. The predicted octanol–water partition coefficient (Wildman–Crippen LogP) is 22.1. The fraction of sp³-hybridized carbons (Fsp3) is 0.0455. The lowest BCUT2D eigenvalue weighted by Gasteiger charge is -2.46. The maximum atomic E-state index is 9.84. The Morgan fingerprint density at radius 1 is 0.337 bits per heavy atom. The minimum absolute atomic E-state index is 0.0399. The van der Waals surface area contributed by atoms with Gasteiger partial charge in [0.05, 0.1) is 66.4 Å². The van der Waals surface area contributed by atoms with Crippen molar-refractivity contribution >= 4 is 154 Å². The number of benzene rings is 14. The maximum Gasteiger partial charge on any atom is 0.252 e. The highest BCUT2D eigenvalue weighted by atomic mass is 32.1. The van der Waals surface area contributed by atoms with Gasteiger partial charge in [-0.25, -0.2) is 0 Å². The minimum atomic E-state index is -0.742. The number of rotatable bonds is 7. The lowest BCUT2D eigenvalue weighted by atomic mass is 9.33. The minimum Gasteiger partial charge on any atom is -0.310 e. The topological polar surface area (TPSA) is 21.3 Å². The molecule has 0 spiro atoms. The summed E-state index contributed by atoms with van der Waals surface area (Å²) in [7, 11) is 0. The first kappa shape index (κ1) is 40.4. The predicted molar refractivity (Wildman–Crippen MR) is 406 cm³/mol. The van der Waals surface area contributed by atoms with E-state index in [0.717, 1.165) is 115 Å². The van der Waals surface area contributed by atoms with Crippen LogP contribution in [0.2, 0.25) is 0 Å². The molecule has 0 unspecified atom stereocenters. The van der Waals surface area contributed by atoms with Gasteiger partial charge in [-0.2, -0.15) is 0 Å². The molecule has 14 aromatic carbocycles. The molecule has 2 aliphatic heterocycles. The Morgan fingerprint density at radius 2 is 0.779 bits per heavy atom. The number of anilines is 6. The maximum absolute atomic E-state index is 9.84. The van der Waals surface area contributed by atoms with Crippen LogP contribution >= 0.6 is 11.3 Å². The number of hydrogen-bond donors (Lipinski definition) is 0. The summed E-state index contributed by atoms with van der Waals surface area (Å²) in [6, 6.07) is 64.4. The van der Waals surface area contributed by atoms with Crippen molar-refractivity contribution < 1.29 is 21.9 Å². The van der Waals surface area contributed by atoms with Crippen LogP contribution in [-0.4, -0.2) is 20.4 Å². The first-order valence-corrected chi connectivity index (χ1v) is 32.5.